The van der Waals surface area contributed by atoms with Crippen molar-refractivity contribution in [3.63, 3.8) is 0 Å². The lowest BCUT2D eigenvalue weighted by Gasteiger charge is -2.12. The van der Waals surface area contributed by atoms with E-state index in [1.165, 1.54) is 0 Å². The Balaban J connectivity index is 3.04. The molecule has 0 atom stereocenters. The molecule has 6 heteroatoms. The average molecular weight is 328 g/mol. The topological polar surface area (TPSA) is 86.6 Å². The van der Waals surface area contributed by atoms with Crippen molar-refractivity contribution < 1.29 is 19.8 Å². The van der Waals surface area contributed by atoms with Gasteiger partial charge in [0.15, 0.2) is 0 Å². The SMILES string of the molecule is CC(C)c1ccc(NC(=CC(=O)O)C(=O)O)c(Br)c1. The van der Waals surface area contributed by atoms with Gasteiger partial charge >= 0.3 is 11.9 Å². The zero-order valence-electron chi connectivity index (χ0n) is 10.5. The van der Waals surface area contributed by atoms with E-state index in [-0.39, 0.29) is 0 Å². The predicted molar refractivity (Wildman–Crippen MR) is 75.2 cm³/mol. The van der Waals surface area contributed by atoms with E-state index in [0.717, 1.165) is 5.56 Å². The van der Waals surface area contributed by atoms with E-state index < -0.39 is 17.6 Å². The molecule has 19 heavy (non-hydrogen) atoms. The summed E-state index contributed by atoms with van der Waals surface area (Å²) in [5.41, 5.74) is 1.20. The summed E-state index contributed by atoms with van der Waals surface area (Å²) in [6, 6.07) is 5.43. The largest absolute Gasteiger partial charge is 0.478 e. The fraction of sp³-hybridized carbons (Fsp3) is 0.231. The molecule has 0 bridgehead atoms. The van der Waals surface area contributed by atoms with Crippen LogP contribution >= 0.6 is 15.9 Å². The molecule has 102 valence electrons. The Morgan fingerprint density at radius 1 is 1.32 bits per heavy atom. The molecule has 0 aliphatic heterocycles. The van der Waals surface area contributed by atoms with Gasteiger partial charge in [0, 0.05) is 4.47 Å². The van der Waals surface area contributed by atoms with E-state index in [2.05, 4.69) is 21.2 Å². The number of nitrogens with one attached hydrogen (secondary N) is 1. The number of hydrogen-bond acceptors (Lipinski definition) is 3. The smallest absolute Gasteiger partial charge is 0.352 e. The molecule has 1 rings (SSSR count). The maximum atomic E-state index is 10.9. The third kappa shape index (κ3) is 4.40. The fourth-order valence-corrected chi connectivity index (χ4v) is 1.91. The Morgan fingerprint density at radius 3 is 2.37 bits per heavy atom. The number of benzene rings is 1. The van der Waals surface area contributed by atoms with E-state index in [9.17, 15) is 9.59 Å². The first kappa shape index (κ1) is 15.2. The molecule has 0 saturated heterocycles. The van der Waals surface area contributed by atoms with Gasteiger partial charge in [-0.2, -0.15) is 0 Å². The summed E-state index contributed by atoms with van der Waals surface area (Å²) in [5, 5.41) is 20.1. The Morgan fingerprint density at radius 2 is 1.95 bits per heavy atom. The summed E-state index contributed by atoms with van der Waals surface area (Å²) >= 11 is 3.33. The molecule has 1 aromatic carbocycles. The lowest BCUT2D eigenvalue weighted by atomic mass is 10.0. The standard InChI is InChI=1S/C13H14BrNO4/c1-7(2)8-3-4-10(9(14)5-8)15-11(13(18)19)6-12(16)17/h3-7,15H,1-2H3,(H,16,17)(H,18,19). The van der Waals surface area contributed by atoms with Crippen molar-refractivity contribution in [2.45, 2.75) is 19.8 Å². The quantitative estimate of drug-likeness (QED) is 0.723. The van der Waals surface area contributed by atoms with Crippen LogP contribution in [0.5, 0.6) is 0 Å². The first-order valence-electron chi connectivity index (χ1n) is 5.55. The Kier molecular flexibility index (Phi) is 5.11. The maximum absolute atomic E-state index is 10.9. The van der Waals surface area contributed by atoms with Crippen LogP contribution in [0.2, 0.25) is 0 Å². The number of anilines is 1. The van der Waals surface area contributed by atoms with E-state index in [1.807, 2.05) is 26.0 Å². The second-order valence-electron chi connectivity index (χ2n) is 4.22. The van der Waals surface area contributed by atoms with Crippen LogP contribution in [0.3, 0.4) is 0 Å². The second kappa shape index (κ2) is 6.38. The van der Waals surface area contributed by atoms with Gasteiger partial charge in [0.05, 0.1) is 11.8 Å². The summed E-state index contributed by atoms with van der Waals surface area (Å²) < 4.78 is 0.677. The minimum atomic E-state index is -1.33. The average Bonchev–Trinajstić information content (AvgIpc) is 2.29. The van der Waals surface area contributed by atoms with Gasteiger partial charge in [0.2, 0.25) is 0 Å². The molecule has 5 nitrogen and oxygen atoms in total. The van der Waals surface area contributed by atoms with Crippen molar-refractivity contribution >= 4 is 33.6 Å². The van der Waals surface area contributed by atoms with Crippen molar-refractivity contribution in [3.05, 3.63) is 40.0 Å². The molecule has 0 amide bonds. The number of aliphatic carboxylic acids is 2. The molecule has 0 aliphatic carbocycles. The van der Waals surface area contributed by atoms with Crippen LogP contribution < -0.4 is 5.32 Å². The molecule has 1 aromatic rings. The van der Waals surface area contributed by atoms with Crippen LogP contribution in [0.4, 0.5) is 5.69 Å². The molecular formula is C13H14BrNO4. The van der Waals surface area contributed by atoms with Gasteiger partial charge in [-0.3, -0.25) is 0 Å². The maximum Gasteiger partial charge on any atom is 0.352 e. The summed E-state index contributed by atoms with van der Waals surface area (Å²) in [4.78, 5) is 21.5. The number of hydrogen-bond donors (Lipinski definition) is 3. The van der Waals surface area contributed by atoms with E-state index >= 15 is 0 Å². The van der Waals surface area contributed by atoms with E-state index in [4.69, 9.17) is 10.2 Å². The molecule has 0 saturated carbocycles. The van der Waals surface area contributed by atoms with Crippen LogP contribution in [-0.2, 0) is 9.59 Å². The highest BCUT2D eigenvalue weighted by atomic mass is 79.9. The molecule has 0 spiro atoms. The van der Waals surface area contributed by atoms with Crippen molar-refractivity contribution in [2.75, 3.05) is 5.32 Å². The number of carboxylic acid groups (broad SMARTS) is 2. The molecule has 0 aromatic heterocycles. The van der Waals surface area contributed by atoms with Crippen molar-refractivity contribution in [2.24, 2.45) is 0 Å². The van der Waals surface area contributed by atoms with Gasteiger partial charge in [0.1, 0.15) is 5.70 Å². The van der Waals surface area contributed by atoms with Gasteiger partial charge in [-0.1, -0.05) is 19.9 Å². The minimum Gasteiger partial charge on any atom is -0.478 e. The van der Waals surface area contributed by atoms with Crippen LogP contribution in [0, 0.1) is 0 Å². The van der Waals surface area contributed by atoms with E-state index in [1.54, 1.807) is 6.07 Å². The van der Waals surface area contributed by atoms with Crippen LogP contribution in [0.25, 0.3) is 0 Å². The van der Waals surface area contributed by atoms with Crippen LogP contribution in [-0.4, -0.2) is 22.2 Å². The number of carboxylic acids is 2. The highest BCUT2D eigenvalue weighted by Gasteiger charge is 2.12. The molecule has 3 N–H and O–H groups in total. The Bertz CT molecular complexity index is 537. The molecule has 0 unspecified atom stereocenters. The Labute approximate surface area is 119 Å². The number of carbonyl (C=O) groups is 2. The summed E-state index contributed by atoms with van der Waals surface area (Å²) in [5.74, 6) is -2.30. The third-order valence-corrected chi connectivity index (χ3v) is 3.08. The number of halogens is 1. The lowest BCUT2D eigenvalue weighted by Crippen LogP contribution is -2.13. The van der Waals surface area contributed by atoms with Crippen molar-refractivity contribution in [1.29, 1.82) is 0 Å². The number of rotatable bonds is 5. The van der Waals surface area contributed by atoms with Gasteiger partial charge in [-0.25, -0.2) is 9.59 Å². The predicted octanol–water partition coefficient (Wildman–Crippen LogP) is 3.04. The molecule has 0 aliphatic rings. The Hall–Kier alpha value is -1.82. The summed E-state index contributed by atoms with van der Waals surface area (Å²) in [6.07, 6.45) is 0.616. The zero-order chi connectivity index (χ0) is 14.6. The highest BCUT2D eigenvalue weighted by molar-refractivity contribution is 9.10. The second-order valence-corrected chi connectivity index (χ2v) is 5.07. The third-order valence-electron chi connectivity index (χ3n) is 2.43. The van der Waals surface area contributed by atoms with Crippen LogP contribution in [0.1, 0.15) is 25.3 Å². The fourth-order valence-electron chi connectivity index (χ4n) is 1.41. The lowest BCUT2D eigenvalue weighted by molar-refractivity contribution is -0.134. The molecular weight excluding hydrogens is 314 g/mol. The van der Waals surface area contributed by atoms with Crippen molar-refractivity contribution in [3.8, 4) is 0 Å². The van der Waals surface area contributed by atoms with Gasteiger partial charge < -0.3 is 15.5 Å². The van der Waals surface area contributed by atoms with Crippen molar-refractivity contribution in [1.82, 2.24) is 0 Å². The molecule has 0 heterocycles. The molecule has 0 radical (unpaired) electrons. The van der Waals surface area contributed by atoms with Gasteiger partial charge in [-0.05, 0) is 39.5 Å². The first-order valence-corrected chi connectivity index (χ1v) is 6.35. The normalized spacial score (nSPS) is 11.5. The molecule has 0 fully saturated rings. The summed E-state index contributed by atoms with van der Waals surface area (Å²) in [6.45, 7) is 4.09. The monoisotopic (exact) mass is 327 g/mol. The zero-order valence-corrected chi connectivity index (χ0v) is 12.1. The van der Waals surface area contributed by atoms with Crippen LogP contribution in [0.15, 0.2) is 34.4 Å². The van der Waals surface area contributed by atoms with Gasteiger partial charge in [0.25, 0.3) is 0 Å². The summed E-state index contributed by atoms with van der Waals surface area (Å²) in [7, 11) is 0. The van der Waals surface area contributed by atoms with Gasteiger partial charge in [-0.15, -0.1) is 0 Å². The first-order chi connectivity index (χ1) is 8.81. The highest BCUT2D eigenvalue weighted by Crippen LogP contribution is 2.27. The van der Waals surface area contributed by atoms with E-state index in [0.29, 0.717) is 22.2 Å². The minimum absolute atomic E-state index is 0.346.